The van der Waals surface area contributed by atoms with Gasteiger partial charge >= 0.3 is 0 Å². The topological polar surface area (TPSA) is 87.4 Å². The Labute approximate surface area is 236 Å². The number of anilines is 1. The zero-order valence-corrected chi connectivity index (χ0v) is 23.6. The van der Waals surface area contributed by atoms with Gasteiger partial charge in [0.15, 0.2) is 0 Å². The zero-order valence-electron chi connectivity index (χ0n) is 23.6. The van der Waals surface area contributed by atoms with Gasteiger partial charge in [-0.1, -0.05) is 64.3 Å². The van der Waals surface area contributed by atoms with Crippen molar-refractivity contribution in [3.63, 3.8) is 0 Å². The van der Waals surface area contributed by atoms with Crippen LogP contribution in [0.15, 0.2) is 66.7 Å². The fraction of sp³-hybridized carbons (Fsp3) is 0.424. The van der Waals surface area contributed by atoms with Gasteiger partial charge in [-0.3, -0.25) is 4.79 Å². The predicted molar refractivity (Wildman–Crippen MR) is 156 cm³/mol. The molecule has 0 spiro atoms. The third kappa shape index (κ3) is 7.46. The van der Waals surface area contributed by atoms with Crippen LogP contribution >= 0.6 is 0 Å². The summed E-state index contributed by atoms with van der Waals surface area (Å²) >= 11 is 0. The molecule has 0 heterocycles. The quantitative estimate of drug-likeness (QED) is 0.243. The van der Waals surface area contributed by atoms with Gasteiger partial charge in [-0.25, -0.2) is 8.78 Å². The van der Waals surface area contributed by atoms with Crippen LogP contribution < -0.4 is 16.4 Å². The summed E-state index contributed by atoms with van der Waals surface area (Å²) in [6, 6.07) is 18.2. The van der Waals surface area contributed by atoms with Gasteiger partial charge in [0, 0.05) is 29.4 Å². The number of carbonyl (C=O) groups is 1. The lowest BCUT2D eigenvalue weighted by Crippen LogP contribution is -2.50. The summed E-state index contributed by atoms with van der Waals surface area (Å²) in [5.41, 5.74) is 9.09. The van der Waals surface area contributed by atoms with Crippen LogP contribution in [0.3, 0.4) is 0 Å². The summed E-state index contributed by atoms with van der Waals surface area (Å²) < 4.78 is 28.0. The van der Waals surface area contributed by atoms with Crippen LogP contribution in [0, 0.1) is 11.6 Å². The van der Waals surface area contributed by atoms with E-state index >= 15 is 0 Å². The molecule has 214 valence electrons. The second kappa shape index (κ2) is 12.5. The Morgan fingerprint density at radius 2 is 1.62 bits per heavy atom. The average molecular weight is 550 g/mol. The number of carbonyl (C=O) groups excluding carboxylic acids is 1. The Balaban J connectivity index is 1.58. The second-order valence-corrected chi connectivity index (χ2v) is 12.1. The highest BCUT2D eigenvalue weighted by molar-refractivity contribution is 5.93. The van der Waals surface area contributed by atoms with Gasteiger partial charge in [-0.05, 0) is 77.8 Å². The molecule has 4 rings (SSSR count). The Morgan fingerprint density at radius 3 is 2.23 bits per heavy atom. The number of primary amides is 1. The largest absolute Gasteiger partial charge is 0.390 e. The molecule has 3 aromatic rings. The maximum atomic E-state index is 14.0. The standard InChI is InChI=1S/C33H41F2N3O2/c1-32(2,3)24-8-7-9-25(19-24)33(14-5-4-6-15-33)37-21-30(39)29(18-22-16-26(34)20-27(35)17-22)38-28-12-10-23(11-13-28)31(36)40/h7-13,16-17,19-20,29-30,37-39H,4-6,14-15,18,21H2,1-3H3,(H2,36,40)/t29-,30+/m0/s1. The molecule has 2 atom stereocenters. The molecular weight excluding hydrogens is 508 g/mol. The molecule has 5 nitrogen and oxygen atoms in total. The van der Waals surface area contributed by atoms with Gasteiger partial charge in [0.1, 0.15) is 11.6 Å². The molecule has 1 fully saturated rings. The Kier molecular flexibility index (Phi) is 9.26. The smallest absolute Gasteiger partial charge is 0.248 e. The monoisotopic (exact) mass is 549 g/mol. The lowest BCUT2D eigenvalue weighted by Gasteiger charge is -2.41. The molecule has 40 heavy (non-hydrogen) atoms. The molecule has 1 saturated carbocycles. The average Bonchev–Trinajstić information content (AvgIpc) is 2.91. The van der Waals surface area contributed by atoms with Gasteiger partial charge in [0.2, 0.25) is 5.91 Å². The van der Waals surface area contributed by atoms with Crippen molar-refractivity contribution in [2.24, 2.45) is 5.73 Å². The van der Waals surface area contributed by atoms with Crippen molar-refractivity contribution in [3.8, 4) is 0 Å². The number of hydrogen-bond donors (Lipinski definition) is 4. The van der Waals surface area contributed by atoms with E-state index in [9.17, 15) is 18.7 Å². The first kappa shape index (κ1) is 29.7. The van der Waals surface area contributed by atoms with E-state index in [4.69, 9.17) is 5.73 Å². The number of nitrogens with two attached hydrogens (primary N) is 1. The molecule has 0 aliphatic heterocycles. The maximum Gasteiger partial charge on any atom is 0.248 e. The van der Waals surface area contributed by atoms with Crippen LogP contribution in [0.25, 0.3) is 0 Å². The van der Waals surface area contributed by atoms with Crippen molar-refractivity contribution in [2.45, 2.75) is 82.4 Å². The van der Waals surface area contributed by atoms with Crippen molar-refractivity contribution >= 4 is 11.6 Å². The summed E-state index contributed by atoms with van der Waals surface area (Å²) in [5.74, 6) is -1.85. The number of aliphatic hydroxyl groups is 1. The highest BCUT2D eigenvalue weighted by Gasteiger charge is 2.35. The van der Waals surface area contributed by atoms with Crippen molar-refractivity contribution in [1.29, 1.82) is 0 Å². The summed E-state index contributed by atoms with van der Waals surface area (Å²) in [5, 5.41) is 18.5. The van der Waals surface area contributed by atoms with E-state index in [0.29, 0.717) is 16.8 Å². The number of nitrogens with one attached hydrogen (secondary N) is 2. The summed E-state index contributed by atoms with van der Waals surface area (Å²) in [6.07, 6.45) is 4.62. The molecule has 0 radical (unpaired) electrons. The van der Waals surface area contributed by atoms with E-state index in [-0.39, 0.29) is 23.9 Å². The minimum absolute atomic E-state index is 0.0185. The first-order valence-corrected chi connectivity index (χ1v) is 14.1. The molecule has 3 aromatic carbocycles. The highest BCUT2D eigenvalue weighted by atomic mass is 19.1. The molecule has 7 heteroatoms. The van der Waals surface area contributed by atoms with E-state index in [1.165, 1.54) is 29.7 Å². The van der Waals surface area contributed by atoms with Crippen molar-refractivity contribution in [1.82, 2.24) is 5.32 Å². The predicted octanol–water partition coefficient (Wildman–Crippen LogP) is 6.19. The molecule has 1 aliphatic carbocycles. The van der Waals surface area contributed by atoms with E-state index in [1.54, 1.807) is 24.3 Å². The van der Waals surface area contributed by atoms with E-state index in [0.717, 1.165) is 31.7 Å². The number of halogens is 2. The number of rotatable bonds is 10. The van der Waals surface area contributed by atoms with Gasteiger partial charge in [0.05, 0.1) is 12.1 Å². The SMILES string of the molecule is CC(C)(C)c1cccc(C2(NC[C@@H](O)[C@H](Cc3cc(F)cc(F)c3)Nc3ccc(C(N)=O)cc3)CCCCC2)c1. The molecule has 0 bridgehead atoms. The van der Waals surface area contributed by atoms with Crippen LogP contribution in [0.2, 0.25) is 0 Å². The Morgan fingerprint density at radius 1 is 0.975 bits per heavy atom. The molecule has 1 amide bonds. The van der Waals surface area contributed by atoms with Crippen LogP contribution in [-0.4, -0.2) is 29.7 Å². The van der Waals surface area contributed by atoms with Crippen LogP contribution in [0.1, 0.15) is 79.9 Å². The van der Waals surface area contributed by atoms with Crippen molar-refractivity contribution < 1.29 is 18.7 Å². The number of aliphatic hydroxyl groups excluding tert-OH is 1. The van der Waals surface area contributed by atoms with Gasteiger partial charge < -0.3 is 21.5 Å². The minimum atomic E-state index is -0.883. The fourth-order valence-corrected chi connectivity index (χ4v) is 5.66. The molecular formula is C33H41F2N3O2. The van der Waals surface area contributed by atoms with Crippen molar-refractivity contribution in [2.75, 3.05) is 11.9 Å². The van der Waals surface area contributed by atoms with Crippen LogP contribution in [0.5, 0.6) is 0 Å². The van der Waals surface area contributed by atoms with Gasteiger partial charge in [-0.15, -0.1) is 0 Å². The number of hydrogen-bond acceptors (Lipinski definition) is 4. The molecule has 5 N–H and O–H groups in total. The van der Waals surface area contributed by atoms with Crippen LogP contribution in [0.4, 0.5) is 14.5 Å². The normalized spacial score (nSPS) is 16.8. The first-order chi connectivity index (χ1) is 18.9. The second-order valence-electron chi connectivity index (χ2n) is 12.1. The molecule has 0 aromatic heterocycles. The Bertz CT molecular complexity index is 1280. The molecule has 0 unspecified atom stereocenters. The number of benzene rings is 3. The molecule has 1 aliphatic rings. The van der Waals surface area contributed by atoms with Crippen LogP contribution in [-0.2, 0) is 17.4 Å². The van der Waals surface area contributed by atoms with E-state index in [1.807, 2.05) is 0 Å². The number of amides is 1. The third-order valence-corrected chi connectivity index (χ3v) is 8.00. The first-order valence-electron chi connectivity index (χ1n) is 14.1. The minimum Gasteiger partial charge on any atom is -0.390 e. The third-order valence-electron chi connectivity index (χ3n) is 8.00. The summed E-state index contributed by atoms with van der Waals surface area (Å²) in [4.78, 5) is 11.5. The summed E-state index contributed by atoms with van der Waals surface area (Å²) in [6.45, 7) is 6.91. The fourth-order valence-electron chi connectivity index (χ4n) is 5.66. The van der Waals surface area contributed by atoms with E-state index < -0.39 is 29.7 Å². The summed E-state index contributed by atoms with van der Waals surface area (Å²) in [7, 11) is 0. The highest BCUT2D eigenvalue weighted by Crippen LogP contribution is 2.38. The van der Waals surface area contributed by atoms with Crippen molar-refractivity contribution in [3.05, 3.63) is 101 Å². The van der Waals surface area contributed by atoms with Gasteiger partial charge in [-0.2, -0.15) is 0 Å². The Hall–Kier alpha value is -3.29. The maximum absolute atomic E-state index is 14.0. The van der Waals surface area contributed by atoms with E-state index in [2.05, 4.69) is 55.7 Å². The lowest BCUT2D eigenvalue weighted by molar-refractivity contribution is 0.1000. The molecule has 0 saturated heterocycles. The lowest BCUT2D eigenvalue weighted by atomic mass is 9.74. The zero-order chi connectivity index (χ0) is 28.9. The van der Waals surface area contributed by atoms with Gasteiger partial charge in [0.25, 0.3) is 0 Å².